The van der Waals surface area contributed by atoms with Gasteiger partial charge in [-0.3, -0.25) is 4.79 Å². The van der Waals surface area contributed by atoms with Crippen LogP contribution in [-0.4, -0.2) is 30.6 Å². The Hall–Kier alpha value is -2.04. The molecule has 1 fully saturated rings. The maximum Gasteiger partial charge on any atom is 0.335 e. The van der Waals surface area contributed by atoms with Crippen LogP contribution in [0.1, 0.15) is 28.8 Å². The van der Waals surface area contributed by atoms with Crippen molar-refractivity contribution in [2.24, 2.45) is 5.92 Å². The monoisotopic (exact) mass is 249 g/mol. The Morgan fingerprint density at radius 2 is 2.22 bits per heavy atom. The van der Waals surface area contributed by atoms with Crippen LogP contribution in [0.2, 0.25) is 0 Å². The first-order chi connectivity index (χ1) is 8.54. The first kappa shape index (κ1) is 12.4. The smallest absolute Gasteiger partial charge is 0.335 e. The predicted octanol–water partition coefficient (Wildman–Crippen LogP) is 1.24. The minimum atomic E-state index is -1.01. The van der Waals surface area contributed by atoms with E-state index >= 15 is 0 Å². The summed E-state index contributed by atoms with van der Waals surface area (Å²) in [7, 11) is 1.47. The minimum Gasteiger partial charge on any atom is -0.496 e. The van der Waals surface area contributed by atoms with Crippen LogP contribution in [0.5, 0.6) is 5.75 Å². The molecule has 0 saturated carbocycles. The van der Waals surface area contributed by atoms with Gasteiger partial charge in [0.15, 0.2) is 0 Å². The van der Waals surface area contributed by atoms with Gasteiger partial charge in [-0.1, -0.05) is 13.0 Å². The van der Waals surface area contributed by atoms with Crippen molar-refractivity contribution in [3.63, 3.8) is 0 Å². The predicted molar refractivity (Wildman–Crippen MR) is 64.9 cm³/mol. The van der Waals surface area contributed by atoms with Crippen LogP contribution in [-0.2, 0) is 4.79 Å². The van der Waals surface area contributed by atoms with Gasteiger partial charge in [-0.05, 0) is 18.1 Å². The number of benzene rings is 1. The number of carboxylic acid groups (broad SMARTS) is 1. The van der Waals surface area contributed by atoms with E-state index in [4.69, 9.17) is 9.84 Å². The lowest BCUT2D eigenvalue weighted by Crippen LogP contribution is -2.18. The van der Waals surface area contributed by atoms with Gasteiger partial charge in [0.25, 0.3) is 0 Å². The Morgan fingerprint density at radius 3 is 2.72 bits per heavy atom. The SMILES string of the molecule is COc1cc(C(=O)O)ccc1[C@@H]1C(=O)NCC1C. The normalized spacial score (nSPS) is 22.7. The van der Waals surface area contributed by atoms with Crippen molar-refractivity contribution in [2.45, 2.75) is 12.8 Å². The Bertz CT molecular complexity index is 498. The number of carboxylic acids is 1. The van der Waals surface area contributed by atoms with Crippen LogP contribution in [0.15, 0.2) is 18.2 Å². The average Bonchev–Trinajstić information content (AvgIpc) is 2.68. The molecular weight excluding hydrogens is 234 g/mol. The third-order valence-electron chi connectivity index (χ3n) is 3.27. The lowest BCUT2D eigenvalue weighted by molar-refractivity contribution is -0.120. The summed E-state index contributed by atoms with van der Waals surface area (Å²) in [6.07, 6.45) is 0. The van der Waals surface area contributed by atoms with Crippen LogP contribution in [0.25, 0.3) is 0 Å². The molecule has 1 aromatic carbocycles. The summed E-state index contributed by atoms with van der Waals surface area (Å²) in [5.41, 5.74) is 0.895. The zero-order valence-electron chi connectivity index (χ0n) is 10.3. The number of hydrogen-bond acceptors (Lipinski definition) is 3. The van der Waals surface area contributed by atoms with E-state index < -0.39 is 5.97 Å². The number of carbonyl (C=O) groups is 2. The van der Waals surface area contributed by atoms with Crippen LogP contribution in [0.4, 0.5) is 0 Å². The number of aromatic carboxylic acids is 1. The van der Waals surface area contributed by atoms with Gasteiger partial charge in [0.2, 0.25) is 5.91 Å². The molecule has 2 atom stereocenters. The number of amides is 1. The fraction of sp³-hybridized carbons (Fsp3) is 0.385. The highest BCUT2D eigenvalue weighted by Crippen LogP contribution is 2.35. The van der Waals surface area contributed by atoms with E-state index in [1.165, 1.54) is 19.2 Å². The van der Waals surface area contributed by atoms with Gasteiger partial charge in [-0.2, -0.15) is 0 Å². The van der Waals surface area contributed by atoms with E-state index in [1.54, 1.807) is 6.07 Å². The molecule has 96 valence electrons. The van der Waals surface area contributed by atoms with E-state index in [0.717, 1.165) is 5.56 Å². The van der Waals surface area contributed by atoms with E-state index in [0.29, 0.717) is 12.3 Å². The Balaban J connectivity index is 2.44. The summed E-state index contributed by atoms with van der Waals surface area (Å²) in [6.45, 7) is 2.61. The highest BCUT2D eigenvalue weighted by Gasteiger charge is 2.34. The maximum atomic E-state index is 11.8. The molecule has 0 radical (unpaired) electrons. The zero-order chi connectivity index (χ0) is 13.3. The number of rotatable bonds is 3. The zero-order valence-corrected chi connectivity index (χ0v) is 10.3. The quantitative estimate of drug-likeness (QED) is 0.845. The largest absolute Gasteiger partial charge is 0.496 e. The summed E-state index contributed by atoms with van der Waals surface area (Å²) in [5, 5.41) is 11.7. The molecule has 2 N–H and O–H groups in total. The van der Waals surface area contributed by atoms with Crippen molar-refractivity contribution >= 4 is 11.9 Å². The fourth-order valence-corrected chi connectivity index (χ4v) is 2.30. The topological polar surface area (TPSA) is 75.6 Å². The molecule has 1 unspecified atom stereocenters. The van der Waals surface area contributed by atoms with Crippen molar-refractivity contribution in [1.29, 1.82) is 0 Å². The molecular formula is C13H15NO4. The summed E-state index contributed by atoms with van der Waals surface area (Å²) in [5.74, 6) is -0.707. The third kappa shape index (κ3) is 2.03. The van der Waals surface area contributed by atoms with E-state index in [1.807, 2.05) is 6.92 Å². The molecule has 1 aliphatic rings. The fourth-order valence-electron chi connectivity index (χ4n) is 2.30. The van der Waals surface area contributed by atoms with Crippen molar-refractivity contribution < 1.29 is 19.4 Å². The van der Waals surface area contributed by atoms with Crippen molar-refractivity contribution in [1.82, 2.24) is 5.32 Å². The number of carbonyl (C=O) groups excluding carboxylic acids is 1. The van der Waals surface area contributed by atoms with Gasteiger partial charge >= 0.3 is 5.97 Å². The van der Waals surface area contributed by atoms with Crippen molar-refractivity contribution in [2.75, 3.05) is 13.7 Å². The molecule has 0 bridgehead atoms. The molecule has 1 heterocycles. The summed E-state index contributed by atoms with van der Waals surface area (Å²) >= 11 is 0. The Labute approximate surface area is 105 Å². The second-order valence-electron chi connectivity index (χ2n) is 4.46. The summed E-state index contributed by atoms with van der Waals surface area (Å²) < 4.78 is 5.20. The van der Waals surface area contributed by atoms with Crippen molar-refractivity contribution in [3.8, 4) is 5.75 Å². The summed E-state index contributed by atoms with van der Waals surface area (Å²) in [4.78, 5) is 22.7. The van der Waals surface area contributed by atoms with E-state index in [9.17, 15) is 9.59 Å². The molecule has 1 aromatic rings. The van der Waals surface area contributed by atoms with Gasteiger partial charge in [0.1, 0.15) is 5.75 Å². The Kier molecular flexibility index (Phi) is 3.23. The Morgan fingerprint density at radius 1 is 1.50 bits per heavy atom. The third-order valence-corrected chi connectivity index (χ3v) is 3.27. The van der Waals surface area contributed by atoms with E-state index in [2.05, 4.69) is 5.32 Å². The highest BCUT2D eigenvalue weighted by atomic mass is 16.5. The number of methoxy groups -OCH3 is 1. The van der Waals surface area contributed by atoms with Crippen molar-refractivity contribution in [3.05, 3.63) is 29.3 Å². The second kappa shape index (κ2) is 4.68. The molecule has 0 aromatic heterocycles. The van der Waals surface area contributed by atoms with Crippen LogP contribution in [0, 0.1) is 5.92 Å². The van der Waals surface area contributed by atoms with Crippen LogP contribution in [0.3, 0.4) is 0 Å². The van der Waals surface area contributed by atoms with Gasteiger partial charge < -0.3 is 15.2 Å². The number of hydrogen-bond donors (Lipinski definition) is 2. The highest BCUT2D eigenvalue weighted by molar-refractivity contribution is 5.90. The van der Waals surface area contributed by atoms with E-state index in [-0.39, 0.29) is 23.3 Å². The first-order valence-electron chi connectivity index (χ1n) is 5.73. The lowest BCUT2D eigenvalue weighted by atomic mass is 9.88. The molecule has 0 aliphatic carbocycles. The molecule has 5 heteroatoms. The minimum absolute atomic E-state index is 0.0381. The summed E-state index contributed by atoms with van der Waals surface area (Å²) in [6, 6.07) is 4.61. The van der Waals surface area contributed by atoms with Gasteiger partial charge in [0, 0.05) is 12.1 Å². The number of nitrogens with one attached hydrogen (secondary N) is 1. The van der Waals surface area contributed by atoms with Gasteiger partial charge in [-0.25, -0.2) is 4.79 Å². The molecule has 1 saturated heterocycles. The molecule has 0 spiro atoms. The second-order valence-corrected chi connectivity index (χ2v) is 4.46. The molecule has 1 aliphatic heterocycles. The van der Waals surface area contributed by atoms with Crippen LogP contribution >= 0.6 is 0 Å². The van der Waals surface area contributed by atoms with Gasteiger partial charge in [-0.15, -0.1) is 0 Å². The maximum absolute atomic E-state index is 11.8. The average molecular weight is 249 g/mol. The molecule has 1 amide bonds. The first-order valence-corrected chi connectivity index (χ1v) is 5.73. The lowest BCUT2D eigenvalue weighted by Gasteiger charge is -2.16. The van der Waals surface area contributed by atoms with Crippen LogP contribution < -0.4 is 10.1 Å². The molecule has 2 rings (SSSR count). The molecule has 5 nitrogen and oxygen atoms in total. The molecule has 18 heavy (non-hydrogen) atoms. The number of ether oxygens (including phenoxy) is 1. The van der Waals surface area contributed by atoms with Gasteiger partial charge in [0.05, 0.1) is 18.6 Å². The standard InChI is InChI=1S/C13H15NO4/c1-7-6-14-12(15)11(7)9-4-3-8(13(16)17)5-10(9)18-2/h3-5,7,11H,6H2,1-2H3,(H,14,15)(H,16,17)/t7?,11-/m1/s1.